The van der Waals surface area contributed by atoms with Gasteiger partial charge in [-0.2, -0.15) is 0 Å². The molecule has 2 aliphatic heterocycles. The fraction of sp³-hybridized carbons (Fsp3) is 0.273. The number of carbonyl (C=O) groups is 1. The molecule has 136 valence electrons. The Morgan fingerprint density at radius 1 is 1.07 bits per heavy atom. The number of hydrogen-bond donors (Lipinski definition) is 0. The summed E-state index contributed by atoms with van der Waals surface area (Å²) in [5.74, 6) is -0.205. The summed E-state index contributed by atoms with van der Waals surface area (Å²) < 4.78 is 3.10. The van der Waals surface area contributed by atoms with E-state index in [0.717, 1.165) is 34.1 Å². The summed E-state index contributed by atoms with van der Waals surface area (Å²) in [5.41, 5.74) is 4.28. The number of para-hydroxylation sites is 1. The molecule has 0 saturated heterocycles. The van der Waals surface area contributed by atoms with Crippen LogP contribution >= 0.6 is 15.9 Å². The zero-order valence-electron chi connectivity index (χ0n) is 15.2. The van der Waals surface area contributed by atoms with Gasteiger partial charge in [-0.15, -0.1) is 0 Å². The highest BCUT2D eigenvalue weighted by Crippen LogP contribution is 2.36. The lowest BCUT2D eigenvalue weighted by Crippen LogP contribution is -2.38. The minimum atomic E-state index is -0.205. The van der Waals surface area contributed by atoms with E-state index in [2.05, 4.69) is 39.6 Å². The fourth-order valence-corrected chi connectivity index (χ4v) is 5.02. The second-order valence-corrected chi connectivity index (χ2v) is 8.56. The number of anilines is 1. The smallest absolute Gasteiger partial charge is 0.264 e. The molecule has 0 spiro atoms. The van der Waals surface area contributed by atoms with Gasteiger partial charge in [-0.1, -0.05) is 28.1 Å². The third-order valence-electron chi connectivity index (χ3n) is 5.83. The first-order chi connectivity index (χ1) is 13.0. The Bertz CT molecular complexity index is 1180. The van der Waals surface area contributed by atoms with E-state index in [-0.39, 0.29) is 29.0 Å². The van der Waals surface area contributed by atoms with Crippen LogP contribution in [0.1, 0.15) is 41.4 Å². The number of hydrogen-bond acceptors (Lipinski definition) is 2. The van der Waals surface area contributed by atoms with Crippen molar-refractivity contribution in [2.45, 2.75) is 38.8 Å². The van der Waals surface area contributed by atoms with Gasteiger partial charge in [-0.3, -0.25) is 9.59 Å². The number of fused-ring (bicyclic) bond motifs is 1. The molecule has 3 heterocycles. The van der Waals surface area contributed by atoms with E-state index >= 15 is 0 Å². The standard InChI is InChI=1S/C22H19BrN2O2/c1-12-8-14-4-3-5-17-20(14)24(12)11-18(21(17)26)22(27)25-13(2)9-15-10-16(23)6-7-19(15)25/h3-7,10-13H,8-9H2,1-2H3/t12-,13-/m0/s1. The molecule has 2 aliphatic rings. The van der Waals surface area contributed by atoms with Crippen LogP contribution in [0.2, 0.25) is 0 Å². The Balaban J connectivity index is 1.69. The van der Waals surface area contributed by atoms with Crippen molar-refractivity contribution >= 4 is 38.4 Å². The highest BCUT2D eigenvalue weighted by molar-refractivity contribution is 9.10. The average Bonchev–Trinajstić information content (AvgIpc) is 3.13. The van der Waals surface area contributed by atoms with E-state index in [1.807, 2.05) is 31.2 Å². The SMILES string of the molecule is C[C@H]1Cc2cc(Br)ccc2N1C(=O)c1cn2c3c(cccc3c1=O)C[C@@H]2C. The Morgan fingerprint density at radius 2 is 1.85 bits per heavy atom. The van der Waals surface area contributed by atoms with Gasteiger partial charge in [0, 0.05) is 33.8 Å². The number of pyridine rings is 1. The van der Waals surface area contributed by atoms with Gasteiger partial charge in [-0.05, 0) is 62.1 Å². The van der Waals surface area contributed by atoms with Crippen molar-refractivity contribution in [3.63, 3.8) is 0 Å². The maximum atomic E-state index is 13.5. The first kappa shape index (κ1) is 16.8. The van der Waals surface area contributed by atoms with Gasteiger partial charge < -0.3 is 9.47 Å². The number of halogens is 1. The van der Waals surface area contributed by atoms with Crippen LogP contribution in [-0.2, 0) is 12.8 Å². The minimum Gasteiger partial charge on any atom is -0.343 e. The number of amides is 1. The van der Waals surface area contributed by atoms with E-state index in [9.17, 15) is 9.59 Å². The van der Waals surface area contributed by atoms with Crippen LogP contribution in [-0.4, -0.2) is 16.5 Å². The maximum Gasteiger partial charge on any atom is 0.264 e. The van der Waals surface area contributed by atoms with Crippen molar-refractivity contribution in [2.75, 3.05) is 4.90 Å². The van der Waals surface area contributed by atoms with Gasteiger partial charge in [0.05, 0.1) is 5.52 Å². The summed E-state index contributed by atoms with van der Waals surface area (Å²) in [6.45, 7) is 4.16. The predicted octanol–water partition coefficient (Wildman–Crippen LogP) is 4.47. The van der Waals surface area contributed by atoms with Crippen LogP contribution < -0.4 is 10.3 Å². The van der Waals surface area contributed by atoms with Crippen LogP contribution in [0.5, 0.6) is 0 Å². The first-order valence-electron chi connectivity index (χ1n) is 9.24. The molecule has 0 aliphatic carbocycles. The van der Waals surface area contributed by atoms with Gasteiger partial charge in [-0.25, -0.2) is 0 Å². The molecular formula is C22H19BrN2O2. The molecule has 4 nitrogen and oxygen atoms in total. The van der Waals surface area contributed by atoms with Crippen molar-refractivity contribution in [1.82, 2.24) is 4.57 Å². The van der Waals surface area contributed by atoms with Crippen LogP contribution in [0.25, 0.3) is 10.9 Å². The quantitative estimate of drug-likeness (QED) is 0.580. The zero-order valence-corrected chi connectivity index (χ0v) is 16.8. The zero-order chi connectivity index (χ0) is 18.9. The van der Waals surface area contributed by atoms with Crippen molar-refractivity contribution in [3.8, 4) is 0 Å². The average molecular weight is 423 g/mol. The molecule has 0 saturated carbocycles. The van der Waals surface area contributed by atoms with Crippen molar-refractivity contribution in [2.24, 2.45) is 0 Å². The number of benzene rings is 2. The number of nitrogens with zero attached hydrogens (tertiary/aromatic N) is 2. The number of aromatic nitrogens is 1. The van der Waals surface area contributed by atoms with E-state index in [1.165, 1.54) is 5.56 Å². The lowest BCUT2D eigenvalue weighted by atomic mass is 10.1. The summed E-state index contributed by atoms with van der Waals surface area (Å²) >= 11 is 3.50. The second kappa shape index (κ2) is 5.80. The monoisotopic (exact) mass is 422 g/mol. The minimum absolute atomic E-state index is 0.0271. The molecule has 1 amide bonds. The molecule has 2 aromatic carbocycles. The summed E-state index contributed by atoms with van der Waals surface area (Å²) in [7, 11) is 0. The molecule has 0 N–H and O–H groups in total. The molecule has 2 atom stereocenters. The molecule has 5 rings (SSSR count). The molecule has 3 aromatic rings. The first-order valence-corrected chi connectivity index (χ1v) is 10.0. The van der Waals surface area contributed by atoms with Crippen LogP contribution in [0, 0.1) is 0 Å². The Labute approximate surface area is 165 Å². The normalized spacial score (nSPS) is 20.3. The van der Waals surface area contributed by atoms with Gasteiger partial charge in [0.15, 0.2) is 0 Å². The van der Waals surface area contributed by atoms with Crippen LogP contribution in [0.4, 0.5) is 5.69 Å². The Kier molecular flexibility index (Phi) is 3.60. The molecule has 0 bridgehead atoms. The van der Waals surface area contributed by atoms with E-state index in [4.69, 9.17) is 0 Å². The number of carbonyl (C=O) groups excluding carboxylic acids is 1. The molecule has 0 unspecified atom stereocenters. The van der Waals surface area contributed by atoms with E-state index < -0.39 is 0 Å². The molecule has 5 heteroatoms. The van der Waals surface area contributed by atoms with E-state index in [1.54, 1.807) is 11.1 Å². The van der Waals surface area contributed by atoms with Crippen LogP contribution in [0.3, 0.4) is 0 Å². The van der Waals surface area contributed by atoms with Crippen molar-refractivity contribution in [1.29, 1.82) is 0 Å². The molecule has 0 fully saturated rings. The lowest BCUT2D eigenvalue weighted by Gasteiger charge is -2.23. The van der Waals surface area contributed by atoms with Gasteiger partial charge >= 0.3 is 0 Å². The Hall–Kier alpha value is -2.40. The summed E-state index contributed by atoms with van der Waals surface area (Å²) in [6, 6.07) is 12.1. The highest BCUT2D eigenvalue weighted by Gasteiger charge is 2.34. The number of rotatable bonds is 1. The van der Waals surface area contributed by atoms with Crippen molar-refractivity contribution < 1.29 is 4.79 Å². The maximum absolute atomic E-state index is 13.5. The topological polar surface area (TPSA) is 42.3 Å². The predicted molar refractivity (Wildman–Crippen MR) is 111 cm³/mol. The third kappa shape index (κ3) is 2.34. The van der Waals surface area contributed by atoms with Crippen LogP contribution in [0.15, 0.2) is 51.9 Å². The highest BCUT2D eigenvalue weighted by atomic mass is 79.9. The van der Waals surface area contributed by atoms with E-state index in [0.29, 0.717) is 5.39 Å². The molecular weight excluding hydrogens is 404 g/mol. The molecule has 27 heavy (non-hydrogen) atoms. The fourth-order valence-electron chi connectivity index (χ4n) is 4.61. The summed E-state index contributed by atoms with van der Waals surface area (Å²) in [6.07, 6.45) is 3.46. The lowest BCUT2D eigenvalue weighted by molar-refractivity contribution is 0.0980. The van der Waals surface area contributed by atoms with Crippen molar-refractivity contribution in [3.05, 3.63) is 74.0 Å². The third-order valence-corrected chi connectivity index (χ3v) is 6.33. The Morgan fingerprint density at radius 3 is 2.67 bits per heavy atom. The summed E-state index contributed by atoms with van der Waals surface area (Å²) in [5, 5.41) is 0.644. The molecule has 0 radical (unpaired) electrons. The molecule has 1 aromatic heterocycles. The summed E-state index contributed by atoms with van der Waals surface area (Å²) in [4.78, 5) is 28.4. The van der Waals surface area contributed by atoms with Gasteiger partial charge in [0.2, 0.25) is 5.43 Å². The second-order valence-electron chi connectivity index (χ2n) is 7.65. The van der Waals surface area contributed by atoms with Gasteiger partial charge in [0.1, 0.15) is 5.56 Å². The largest absolute Gasteiger partial charge is 0.343 e. The van der Waals surface area contributed by atoms with Gasteiger partial charge in [0.25, 0.3) is 5.91 Å².